The van der Waals surface area contributed by atoms with Crippen molar-refractivity contribution in [3.8, 4) is 0 Å². The van der Waals surface area contributed by atoms with Gasteiger partial charge >= 0.3 is 11.9 Å². The molecule has 2 N–H and O–H groups in total. The van der Waals surface area contributed by atoms with Crippen molar-refractivity contribution >= 4 is 45.0 Å². The lowest BCUT2D eigenvalue weighted by atomic mass is 9.95. The molecule has 4 rings (SSSR count). The molecule has 0 fully saturated rings. The first-order valence-corrected chi connectivity index (χ1v) is 11.9. The van der Waals surface area contributed by atoms with Crippen molar-refractivity contribution in [2.45, 2.75) is 52.1 Å². The lowest BCUT2D eigenvalue weighted by molar-refractivity contribution is -0.146. The van der Waals surface area contributed by atoms with Gasteiger partial charge in [0.1, 0.15) is 5.00 Å². The molecule has 2 heterocycles. The van der Waals surface area contributed by atoms with Crippen LogP contribution in [0.3, 0.4) is 0 Å². The van der Waals surface area contributed by atoms with Crippen LogP contribution in [0.25, 0.3) is 10.8 Å². The van der Waals surface area contributed by atoms with Crippen molar-refractivity contribution in [1.82, 2.24) is 10.2 Å². The highest BCUT2D eigenvalue weighted by atomic mass is 32.1. The van der Waals surface area contributed by atoms with Crippen molar-refractivity contribution in [1.29, 1.82) is 0 Å². The molecule has 10 heteroatoms. The van der Waals surface area contributed by atoms with E-state index in [0.29, 0.717) is 27.0 Å². The molecule has 1 aromatic carbocycles. The lowest BCUT2D eigenvalue weighted by Crippen LogP contribution is -2.23. The van der Waals surface area contributed by atoms with Crippen LogP contribution in [0.4, 0.5) is 5.00 Å². The molecule has 0 atom stereocenters. The minimum atomic E-state index is -0.662. The van der Waals surface area contributed by atoms with Crippen molar-refractivity contribution < 1.29 is 23.9 Å². The van der Waals surface area contributed by atoms with Gasteiger partial charge in [0.15, 0.2) is 6.61 Å². The molecule has 0 saturated heterocycles. The number of aryl methyl sites for hydroxylation is 1. The predicted octanol–water partition coefficient (Wildman–Crippen LogP) is 3.15. The smallest absolute Gasteiger partial charge is 0.341 e. The first kappa shape index (κ1) is 23.6. The van der Waals surface area contributed by atoms with Crippen LogP contribution in [0, 0.1) is 0 Å². The monoisotopic (exact) mass is 483 g/mol. The molecule has 1 aliphatic rings. The van der Waals surface area contributed by atoms with Crippen LogP contribution in [0.5, 0.6) is 0 Å². The maximum absolute atomic E-state index is 12.7. The molecule has 9 nitrogen and oxygen atoms in total. The normalized spacial score (nSPS) is 12.9. The molecule has 1 amide bonds. The standard InChI is InChI=1S/C24H25N3O6S/c1-13(2)33-24(31)21-16-9-5-6-10-18(16)34-23(21)25-19(28)12-32-20(29)11-17-14-7-3-4-8-15(14)22(30)27-26-17/h3-4,7-8,13H,5-6,9-12H2,1-2H3,(H,25,28)(H,27,30). The topological polar surface area (TPSA) is 127 Å². The predicted molar refractivity (Wildman–Crippen MR) is 127 cm³/mol. The molecular weight excluding hydrogens is 458 g/mol. The van der Waals surface area contributed by atoms with E-state index >= 15 is 0 Å². The Morgan fingerprint density at radius 1 is 1.15 bits per heavy atom. The Morgan fingerprint density at radius 3 is 2.65 bits per heavy atom. The van der Waals surface area contributed by atoms with Crippen LogP contribution in [-0.2, 0) is 38.3 Å². The number of nitrogens with zero attached hydrogens (tertiary/aromatic N) is 1. The second-order valence-corrected chi connectivity index (χ2v) is 9.40. The molecule has 3 aromatic rings. The van der Waals surface area contributed by atoms with Gasteiger partial charge in [-0.25, -0.2) is 9.89 Å². The summed E-state index contributed by atoms with van der Waals surface area (Å²) < 4.78 is 10.5. The average Bonchev–Trinajstić information content (AvgIpc) is 3.17. The third kappa shape index (κ3) is 5.17. The number of rotatable bonds is 7. The molecule has 2 aromatic heterocycles. The van der Waals surface area contributed by atoms with Crippen LogP contribution in [0.15, 0.2) is 29.1 Å². The zero-order chi connectivity index (χ0) is 24.2. The van der Waals surface area contributed by atoms with Crippen molar-refractivity contribution in [3.63, 3.8) is 0 Å². The van der Waals surface area contributed by atoms with E-state index in [1.807, 2.05) is 0 Å². The van der Waals surface area contributed by atoms with Gasteiger partial charge in [-0.15, -0.1) is 11.3 Å². The Kier molecular flexibility index (Phi) is 7.06. The second-order valence-electron chi connectivity index (χ2n) is 8.30. The number of esters is 2. The van der Waals surface area contributed by atoms with E-state index in [2.05, 4.69) is 15.5 Å². The van der Waals surface area contributed by atoms with Crippen molar-refractivity contribution in [2.24, 2.45) is 0 Å². The number of hydrogen-bond acceptors (Lipinski definition) is 8. The number of anilines is 1. The van der Waals surface area contributed by atoms with Gasteiger partial charge in [-0.3, -0.25) is 14.4 Å². The highest BCUT2D eigenvalue weighted by Gasteiger charge is 2.28. The number of fused-ring (bicyclic) bond motifs is 2. The first-order chi connectivity index (χ1) is 16.3. The number of thiophene rings is 1. The summed E-state index contributed by atoms with van der Waals surface area (Å²) in [6, 6.07) is 6.80. The molecule has 0 bridgehead atoms. The minimum Gasteiger partial charge on any atom is -0.459 e. The van der Waals surface area contributed by atoms with Crippen LogP contribution >= 0.6 is 11.3 Å². The molecule has 1 aliphatic carbocycles. The maximum atomic E-state index is 12.7. The Balaban J connectivity index is 1.42. The number of H-pyrrole nitrogens is 1. The zero-order valence-corrected chi connectivity index (χ0v) is 19.8. The van der Waals surface area contributed by atoms with E-state index in [1.54, 1.807) is 38.1 Å². The highest BCUT2D eigenvalue weighted by molar-refractivity contribution is 7.17. The quantitative estimate of drug-likeness (QED) is 0.494. The van der Waals surface area contributed by atoms with Crippen LogP contribution in [-0.4, -0.2) is 40.8 Å². The molecule has 178 valence electrons. The molecule has 0 aliphatic heterocycles. The summed E-state index contributed by atoms with van der Waals surface area (Å²) in [6.45, 7) is 3.03. The Morgan fingerprint density at radius 2 is 1.88 bits per heavy atom. The van der Waals surface area contributed by atoms with Gasteiger partial charge in [-0.2, -0.15) is 5.10 Å². The molecule has 34 heavy (non-hydrogen) atoms. The fourth-order valence-corrected chi connectivity index (χ4v) is 5.24. The third-order valence-electron chi connectivity index (χ3n) is 5.42. The summed E-state index contributed by atoms with van der Waals surface area (Å²) in [5.41, 5.74) is 1.34. The molecule has 0 spiro atoms. The van der Waals surface area contributed by atoms with Crippen molar-refractivity contribution in [2.75, 3.05) is 11.9 Å². The Bertz CT molecular complexity index is 1310. The molecule has 0 radical (unpaired) electrons. The fraction of sp³-hybridized carbons (Fsp3) is 0.375. The van der Waals surface area contributed by atoms with E-state index in [9.17, 15) is 19.2 Å². The molecule has 0 saturated carbocycles. The van der Waals surface area contributed by atoms with Gasteiger partial charge in [0.2, 0.25) is 0 Å². The van der Waals surface area contributed by atoms with Gasteiger partial charge in [0, 0.05) is 10.3 Å². The number of aromatic amines is 1. The largest absolute Gasteiger partial charge is 0.459 e. The van der Waals surface area contributed by atoms with Gasteiger partial charge in [0.05, 0.1) is 29.2 Å². The molecule has 0 unspecified atom stereocenters. The number of nitrogens with one attached hydrogen (secondary N) is 2. The van der Waals surface area contributed by atoms with Gasteiger partial charge < -0.3 is 14.8 Å². The zero-order valence-electron chi connectivity index (χ0n) is 18.9. The van der Waals surface area contributed by atoms with E-state index in [-0.39, 0.29) is 18.1 Å². The number of carbonyl (C=O) groups excluding carboxylic acids is 3. The summed E-state index contributed by atoms with van der Waals surface area (Å²) in [5.74, 6) is -1.67. The maximum Gasteiger partial charge on any atom is 0.341 e. The van der Waals surface area contributed by atoms with Gasteiger partial charge in [0.25, 0.3) is 11.5 Å². The van der Waals surface area contributed by atoms with Crippen LogP contribution < -0.4 is 10.9 Å². The summed E-state index contributed by atoms with van der Waals surface area (Å²) in [5, 5.41) is 10.4. The van der Waals surface area contributed by atoms with Crippen LogP contribution in [0.1, 0.15) is 53.2 Å². The number of aromatic nitrogens is 2. The lowest BCUT2D eigenvalue weighted by Gasteiger charge is -2.14. The second kappa shape index (κ2) is 10.2. The summed E-state index contributed by atoms with van der Waals surface area (Å²) in [6.07, 6.45) is 3.14. The van der Waals surface area contributed by atoms with Gasteiger partial charge in [-0.05, 0) is 51.2 Å². The third-order valence-corrected chi connectivity index (χ3v) is 6.63. The minimum absolute atomic E-state index is 0.205. The van der Waals surface area contributed by atoms with E-state index < -0.39 is 24.5 Å². The van der Waals surface area contributed by atoms with E-state index in [0.717, 1.165) is 36.1 Å². The average molecular weight is 484 g/mol. The SMILES string of the molecule is CC(C)OC(=O)c1c(NC(=O)COC(=O)Cc2n[nH]c(=O)c3ccccc23)sc2c1CCCC2. The number of hydrogen-bond donors (Lipinski definition) is 2. The van der Waals surface area contributed by atoms with E-state index in [1.165, 1.54) is 11.3 Å². The Hall–Kier alpha value is -3.53. The Labute approximate surface area is 199 Å². The van der Waals surface area contributed by atoms with Crippen molar-refractivity contribution in [3.05, 3.63) is 56.3 Å². The number of amides is 1. The number of carbonyl (C=O) groups is 3. The van der Waals surface area contributed by atoms with Crippen LogP contribution in [0.2, 0.25) is 0 Å². The molecular formula is C24H25N3O6S. The number of benzene rings is 1. The summed E-state index contributed by atoms with van der Waals surface area (Å²) in [7, 11) is 0. The van der Waals surface area contributed by atoms with E-state index in [4.69, 9.17) is 9.47 Å². The first-order valence-electron chi connectivity index (χ1n) is 11.1. The summed E-state index contributed by atoms with van der Waals surface area (Å²) in [4.78, 5) is 50.6. The highest BCUT2D eigenvalue weighted by Crippen LogP contribution is 2.38. The summed E-state index contributed by atoms with van der Waals surface area (Å²) >= 11 is 1.37. The fourth-order valence-electron chi connectivity index (χ4n) is 3.95. The number of ether oxygens (including phenoxy) is 2. The van der Waals surface area contributed by atoms with Gasteiger partial charge in [-0.1, -0.05) is 18.2 Å².